The molecule has 7 nitrogen and oxygen atoms in total. The number of carbonyl (C=O) groups is 1. The van der Waals surface area contributed by atoms with Crippen LogP contribution in [0.3, 0.4) is 0 Å². The number of rotatable bonds is 8. The van der Waals surface area contributed by atoms with E-state index in [1.54, 1.807) is 12.1 Å². The third-order valence-electron chi connectivity index (χ3n) is 6.82. The summed E-state index contributed by atoms with van der Waals surface area (Å²) in [7, 11) is 0. The molecule has 0 unspecified atom stereocenters. The average molecular weight is 497 g/mol. The molecular weight excluding hydrogens is 464 g/mol. The smallest absolute Gasteiger partial charge is 0.309 e. The molecule has 1 aliphatic carbocycles. The summed E-state index contributed by atoms with van der Waals surface area (Å²) in [5.41, 5.74) is 5.81. The molecule has 0 radical (unpaired) electrons. The maximum atomic E-state index is 13.1. The van der Waals surface area contributed by atoms with Crippen molar-refractivity contribution < 1.29 is 9.53 Å². The highest BCUT2D eigenvalue weighted by molar-refractivity contribution is 5.90. The Kier molecular flexibility index (Phi) is 7.59. The molecule has 1 aliphatic rings. The molecule has 0 saturated carbocycles. The van der Waals surface area contributed by atoms with Crippen molar-refractivity contribution >= 4 is 17.2 Å². The Morgan fingerprint density at radius 1 is 0.946 bits per heavy atom. The molecular formula is C30H32N4O3. The van der Waals surface area contributed by atoms with Crippen molar-refractivity contribution in [3.05, 3.63) is 82.8 Å². The first-order valence-corrected chi connectivity index (χ1v) is 13.2. The van der Waals surface area contributed by atoms with E-state index in [0.717, 1.165) is 72.1 Å². The Morgan fingerprint density at radius 2 is 1.76 bits per heavy atom. The van der Waals surface area contributed by atoms with Crippen LogP contribution in [0.1, 0.15) is 58.3 Å². The molecule has 0 saturated heterocycles. The molecule has 7 heteroatoms. The molecule has 0 amide bonds. The first kappa shape index (κ1) is 24.7. The summed E-state index contributed by atoms with van der Waals surface area (Å²) in [6.07, 6.45) is 8.40. The Bertz CT molecular complexity index is 1480. The summed E-state index contributed by atoms with van der Waals surface area (Å²) in [5.74, 6) is -0.235. The van der Waals surface area contributed by atoms with E-state index >= 15 is 0 Å². The van der Waals surface area contributed by atoms with Gasteiger partial charge in [0.05, 0.1) is 29.8 Å². The van der Waals surface area contributed by atoms with Crippen molar-refractivity contribution in [2.45, 2.75) is 58.3 Å². The molecule has 0 spiro atoms. The molecule has 3 aromatic heterocycles. The lowest BCUT2D eigenvalue weighted by atomic mass is 10.0. The topological polar surface area (TPSA) is 78.5 Å². The van der Waals surface area contributed by atoms with Crippen LogP contribution in [0.5, 0.6) is 0 Å². The van der Waals surface area contributed by atoms with Crippen LogP contribution in [0.15, 0.2) is 77.2 Å². The number of fused-ring (bicyclic) bond motifs is 1. The van der Waals surface area contributed by atoms with Gasteiger partial charge in [-0.05, 0) is 55.9 Å². The van der Waals surface area contributed by atoms with Gasteiger partial charge >= 0.3 is 5.97 Å². The van der Waals surface area contributed by atoms with E-state index in [-0.39, 0.29) is 17.9 Å². The second-order valence-electron chi connectivity index (χ2n) is 9.45. The summed E-state index contributed by atoms with van der Waals surface area (Å²) in [6, 6.07) is 19.3. The number of aromatic nitrogens is 4. The van der Waals surface area contributed by atoms with Gasteiger partial charge < -0.3 is 4.74 Å². The van der Waals surface area contributed by atoms with Gasteiger partial charge in [-0.2, -0.15) is 10.2 Å². The number of benzene rings is 1. The largest absolute Gasteiger partial charge is 0.465 e. The molecule has 5 rings (SSSR count). The summed E-state index contributed by atoms with van der Waals surface area (Å²) in [5, 5.41) is 9.74. The van der Waals surface area contributed by atoms with Gasteiger partial charge in [-0.3, -0.25) is 9.59 Å². The molecule has 0 fully saturated rings. The standard InChI is InChI=1S/C30H32N4O3/c1-2-3-20-37-28(36)21-23-14-8-5-9-15-25(23)34-27(35)18-17-24(31-34)29-26-16-10-11-19-33(26)32-30(29)22-12-6-4-7-13-22/h4,6-7,10-13,16-19H,2-3,5,8-9,14-15,20-21H2,1H3. The van der Waals surface area contributed by atoms with E-state index < -0.39 is 0 Å². The highest BCUT2D eigenvalue weighted by Crippen LogP contribution is 2.34. The van der Waals surface area contributed by atoms with E-state index in [1.165, 1.54) is 4.68 Å². The zero-order chi connectivity index (χ0) is 25.6. The molecule has 0 aliphatic heterocycles. The monoisotopic (exact) mass is 496 g/mol. The van der Waals surface area contributed by atoms with Crippen LogP contribution in [-0.2, 0) is 9.53 Å². The third-order valence-corrected chi connectivity index (χ3v) is 6.82. The third kappa shape index (κ3) is 5.40. The minimum Gasteiger partial charge on any atom is -0.465 e. The summed E-state index contributed by atoms with van der Waals surface area (Å²) in [4.78, 5) is 25.7. The molecule has 1 aromatic carbocycles. The second kappa shape index (κ2) is 11.4. The van der Waals surface area contributed by atoms with E-state index in [0.29, 0.717) is 18.7 Å². The van der Waals surface area contributed by atoms with Gasteiger partial charge in [-0.1, -0.05) is 56.2 Å². The lowest BCUT2D eigenvalue weighted by molar-refractivity contribution is -0.142. The fourth-order valence-corrected chi connectivity index (χ4v) is 4.92. The van der Waals surface area contributed by atoms with Gasteiger partial charge in [0.1, 0.15) is 5.69 Å². The van der Waals surface area contributed by atoms with Crippen LogP contribution < -0.4 is 5.56 Å². The zero-order valence-corrected chi connectivity index (χ0v) is 21.2. The van der Waals surface area contributed by atoms with Gasteiger partial charge in [0.15, 0.2) is 0 Å². The number of allylic oxidation sites excluding steroid dienone is 1. The van der Waals surface area contributed by atoms with Crippen LogP contribution >= 0.6 is 0 Å². The van der Waals surface area contributed by atoms with Crippen molar-refractivity contribution in [3.8, 4) is 22.5 Å². The number of hydrogen-bond donors (Lipinski definition) is 0. The van der Waals surface area contributed by atoms with E-state index in [9.17, 15) is 9.59 Å². The lowest BCUT2D eigenvalue weighted by Crippen LogP contribution is -2.23. The summed E-state index contributed by atoms with van der Waals surface area (Å²) in [6.45, 7) is 2.50. The van der Waals surface area contributed by atoms with Gasteiger partial charge in [0, 0.05) is 23.5 Å². The maximum absolute atomic E-state index is 13.1. The Labute approximate surface area is 216 Å². The van der Waals surface area contributed by atoms with E-state index in [4.69, 9.17) is 14.9 Å². The van der Waals surface area contributed by atoms with Crippen LogP contribution in [0.25, 0.3) is 33.7 Å². The van der Waals surface area contributed by atoms with E-state index in [2.05, 4.69) is 6.92 Å². The van der Waals surface area contributed by atoms with Crippen molar-refractivity contribution in [1.82, 2.24) is 19.4 Å². The van der Waals surface area contributed by atoms with Crippen LogP contribution in [-0.4, -0.2) is 32.0 Å². The summed E-state index contributed by atoms with van der Waals surface area (Å²) < 4.78 is 8.80. The van der Waals surface area contributed by atoms with Crippen molar-refractivity contribution in [2.24, 2.45) is 0 Å². The minimum atomic E-state index is -0.235. The fraction of sp³-hybridized carbons (Fsp3) is 0.333. The first-order chi connectivity index (χ1) is 18.2. The number of hydrogen-bond acceptors (Lipinski definition) is 5. The van der Waals surface area contributed by atoms with Crippen molar-refractivity contribution in [2.75, 3.05) is 6.61 Å². The molecule has 3 heterocycles. The highest BCUT2D eigenvalue weighted by Gasteiger charge is 2.22. The molecule has 0 bridgehead atoms. The maximum Gasteiger partial charge on any atom is 0.309 e. The molecule has 0 atom stereocenters. The van der Waals surface area contributed by atoms with Crippen LogP contribution in [0, 0.1) is 0 Å². The quantitative estimate of drug-likeness (QED) is 0.216. The number of carbonyl (C=O) groups excluding carboxylic acids is 1. The minimum absolute atomic E-state index is 0.198. The SMILES string of the molecule is CCCCOC(=O)CC1=C(n2nc(-c3c(-c4ccccc4)nn4ccccc34)ccc2=O)CCCCC1. The second-order valence-corrected chi connectivity index (χ2v) is 9.45. The predicted octanol–water partition coefficient (Wildman–Crippen LogP) is 6.13. The van der Waals surface area contributed by atoms with Gasteiger partial charge in [0.2, 0.25) is 0 Å². The fourth-order valence-electron chi connectivity index (χ4n) is 4.92. The Balaban J connectivity index is 1.61. The molecule has 190 valence electrons. The summed E-state index contributed by atoms with van der Waals surface area (Å²) >= 11 is 0. The Hall–Kier alpha value is -4.00. The van der Waals surface area contributed by atoms with Crippen molar-refractivity contribution in [1.29, 1.82) is 0 Å². The zero-order valence-electron chi connectivity index (χ0n) is 21.2. The normalized spacial score (nSPS) is 14.1. The van der Waals surface area contributed by atoms with Crippen LogP contribution in [0.2, 0.25) is 0 Å². The lowest BCUT2D eigenvalue weighted by Gasteiger charge is -2.15. The molecule has 0 N–H and O–H groups in total. The number of esters is 1. The predicted molar refractivity (Wildman–Crippen MR) is 145 cm³/mol. The highest BCUT2D eigenvalue weighted by atomic mass is 16.5. The molecule has 37 heavy (non-hydrogen) atoms. The van der Waals surface area contributed by atoms with Gasteiger partial charge in [-0.15, -0.1) is 0 Å². The number of ether oxygens (including phenoxy) is 1. The molecule has 4 aromatic rings. The number of nitrogens with zero attached hydrogens (tertiary/aromatic N) is 4. The van der Waals surface area contributed by atoms with Crippen LogP contribution in [0.4, 0.5) is 0 Å². The van der Waals surface area contributed by atoms with E-state index in [1.807, 2.05) is 59.2 Å². The average Bonchev–Trinajstić information content (AvgIpc) is 3.16. The van der Waals surface area contributed by atoms with Gasteiger partial charge in [0.25, 0.3) is 5.56 Å². The Morgan fingerprint density at radius 3 is 2.59 bits per heavy atom. The number of unbranched alkanes of at least 4 members (excludes halogenated alkanes) is 1. The first-order valence-electron chi connectivity index (χ1n) is 13.2. The number of pyridine rings is 1. The van der Waals surface area contributed by atoms with Gasteiger partial charge in [-0.25, -0.2) is 9.20 Å². The van der Waals surface area contributed by atoms with Crippen molar-refractivity contribution in [3.63, 3.8) is 0 Å².